The summed E-state index contributed by atoms with van der Waals surface area (Å²) in [6.45, 7) is 7.07. The fourth-order valence-corrected chi connectivity index (χ4v) is 1.67. The van der Waals surface area contributed by atoms with Gasteiger partial charge >= 0.3 is 0 Å². The van der Waals surface area contributed by atoms with E-state index in [4.69, 9.17) is 18.9 Å². The molecule has 4 nitrogen and oxygen atoms in total. The molecule has 0 spiro atoms. The second kappa shape index (κ2) is 9.90. The highest BCUT2D eigenvalue weighted by molar-refractivity contribution is 5.13. The molecule has 2 atom stereocenters. The number of benzene rings is 1. The lowest BCUT2D eigenvalue weighted by Gasteiger charge is -2.00. The van der Waals surface area contributed by atoms with Crippen LogP contribution in [-0.2, 0) is 25.6 Å². The minimum absolute atomic E-state index is 0.369. The summed E-state index contributed by atoms with van der Waals surface area (Å²) in [5.41, 5.74) is 1.22. The van der Waals surface area contributed by atoms with Gasteiger partial charge in [0, 0.05) is 6.61 Å². The van der Waals surface area contributed by atoms with Gasteiger partial charge in [0.2, 0.25) is 0 Å². The molecule has 1 aromatic carbocycles. The van der Waals surface area contributed by atoms with Crippen LogP contribution in [0.3, 0.4) is 0 Å². The van der Waals surface area contributed by atoms with Crippen molar-refractivity contribution >= 4 is 0 Å². The van der Waals surface area contributed by atoms with Crippen LogP contribution in [0.2, 0.25) is 0 Å². The lowest BCUT2D eigenvalue weighted by atomic mass is 10.2. The van der Waals surface area contributed by atoms with Crippen LogP contribution in [0.4, 0.5) is 0 Å². The van der Waals surface area contributed by atoms with Gasteiger partial charge < -0.3 is 18.9 Å². The highest BCUT2D eigenvalue weighted by Crippen LogP contribution is 2.10. The molecule has 0 aliphatic carbocycles. The van der Waals surface area contributed by atoms with Gasteiger partial charge in [-0.3, -0.25) is 0 Å². The van der Waals surface area contributed by atoms with E-state index in [0.717, 1.165) is 33.0 Å². The van der Waals surface area contributed by atoms with E-state index in [-0.39, 0.29) is 0 Å². The maximum Gasteiger partial charge on any atom is 0.104 e. The van der Waals surface area contributed by atoms with Crippen LogP contribution in [-0.4, -0.2) is 45.2 Å². The van der Waals surface area contributed by atoms with Gasteiger partial charge in [0.15, 0.2) is 0 Å². The molecule has 118 valence electrons. The van der Waals surface area contributed by atoms with Gasteiger partial charge in [-0.2, -0.15) is 0 Å². The third-order valence-corrected chi connectivity index (χ3v) is 3.17. The molecule has 0 amide bonds. The van der Waals surface area contributed by atoms with Crippen molar-refractivity contribution in [1.82, 2.24) is 0 Å². The molecule has 2 saturated heterocycles. The van der Waals surface area contributed by atoms with E-state index >= 15 is 0 Å². The van der Waals surface area contributed by atoms with Crippen LogP contribution < -0.4 is 0 Å². The summed E-state index contributed by atoms with van der Waals surface area (Å²) in [6.07, 6.45) is 3.19. The van der Waals surface area contributed by atoms with Gasteiger partial charge in [-0.25, -0.2) is 0 Å². The van der Waals surface area contributed by atoms with Crippen molar-refractivity contribution in [2.45, 2.75) is 38.6 Å². The van der Waals surface area contributed by atoms with Crippen LogP contribution in [0.5, 0.6) is 0 Å². The number of rotatable bonds is 9. The van der Waals surface area contributed by atoms with Crippen molar-refractivity contribution < 1.29 is 18.9 Å². The topological polar surface area (TPSA) is 43.5 Å². The maximum atomic E-state index is 5.42. The van der Waals surface area contributed by atoms with E-state index < -0.39 is 0 Å². The molecular formula is C17H26O4. The van der Waals surface area contributed by atoms with Gasteiger partial charge in [0.1, 0.15) is 12.2 Å². The molecule has 2 heterocycles. The summed E-state index contributed by atoms with van der Waals surface area (Å²) in [7, 11) is 0. The standard InChI is InChI=1S/C10H12O2.C7H14O2/c1-2-4-9(5-3-1)6-11-7-10-8-12-10;1-2-3-4-8-5-7-6-9-7/h1-5,10H,6-8H2;7H,2-6H2,1H3. The average Bonchev–Trinajstić information content (AvgIpc) is 3.40. The maximum absolute atomic E-state index is 5.42. The third-order valence-electron chi connectivity index (χ3n) is 3.17. The molecule has 21 heavy (non-hydrogen) atoms. The first kappa shape index (κ1) is 16.4. The fourth-order valence-electron chi connectivity index (χ4n) is 1.67. The van der Waals surface area contributed by atoms with Gasteiger partial charge in [-0.15, -0.1) is 0 Å². The number of unbranched alkanes of at least 4 members (excludes halogenated alkanes) is 1. The zero-order valence-electron chi connectivity index (χ0n) is 12.8. The van der Waals surface area contributed by atoms with Gasteiger partial charge in [0.25, 0.3) is 0 Å². The number of hydrogen-bond acceptors (Lipinski definition) is 4. The molecule has 2 fully saturated rings. The Hall–Kier alpha value is -0.940. The quantitative estimate of drug-likeness (QED) is 0.519. The number of hydrogen-bond donors (Lipinski definition) is 0. The Kier molecular flexibility index (Phi) is 7.75. The molecule has 2 unspecified atom stereocenters. The summed E-state index contributed by atoms with van der Waals surface area (Å²) >= 11 is 0. The van der Waals surface area contributed by atoms with Crippen molar-refractivity contribution in [2.75, 3.05) is 33.0 Å². The first-order chi connectivity index (χ1) is 10.4. The van der Waals surface area contributed by atoms with E-state index in [0.29, 0.717) is 18.8 Å². The molecule has 3 rings (SSSR count). The molecule has 2 aliphatic heterocycles. The Balaban J connectivity index is 0.000000161. The molecule has 4 heteroatoms. The van der Waals surface area contributed by atoms with Crippen LogP contribution in [0.1, 0.15) is 25.3 Å². The SMILES string of the molecule is CCCCOCC1CO1.c1ccc(COCC2CO2)cc1. The predicted octanol–water partition coefficient (Wildman–Crippen LogP) is 2.80. The first-order valence-electron chi connectivity index (χ1n) is 7.81. The fraction of sp³-hybridized carbons (Fsp3) is 0.647. The van der Waals surface area contributed by atoms with E-state index in [1.54, 1.807) is 0 Å². The largest absolute Gasteiger partial charge is 0.379 e. The number of epoxide rings is 2. The molecule has 0 radical (unpaired) electrons. The smallest absolute Gasteiger partial charge is 0.104 e. The molecule has 0 aromatic heterocycles. The zero-order chi connectivity index (χ0) is 14.8. The monoisotopic (exact) mass is 294 g/mol. The molecule has 2 aliphatic rings. The Bertz CT molecular complexity index is 360. The summed E-state index contributed by atoms with van der Waals surface area (Å²) < 4.78 is 20.7. The predicted molar refractivity (Wildman–Crippen MR) is 81.3 cm³/mol. The highest BCUT2D eigenvalue weighted by atomic mass is 16.6. The molecule has 0 bridgehead atoms. The number of ether oxygens (including phenoxy) is 4. The van der Waals surface area contributed by atoms with Gasteiger partial charge in [-0.1, -0.05) is 43.7 Å². The molecule has 1 aromatic rings. The summed E-state index contributed by atoms with van der Waals surface area (Å²) in [5, 5.41) is 0. The molecule has 0 N–H and O–H groups in total. The Morgan fingerprint density at radius 3 is 2.19 bits per heavy atom. The second-order valence-corrected chi connectivity index (χ2v) is 5.34. The van der Waals surface area contributed by atoms with Crippen LogP contribution in [0, 0.1) is 0 Å². The third kappa shape index (κ3) is 8.83. The molecule has 0 saturated carbocycles. The summed E-state index contributed by atoms with van der Waals surface area (Å²) in [5.74, 6) is 0. The van der Waals surface area contributed by atoms with Crippen molar-refractivity contribution in [2.24, 2.45) is 0 Å². The Morgan fingerprint density at radius 1 is 1.00 bits per heavy atom. The summed E-state index contributed by atoms with van der Waals surface area (Å²) in [4.78, 5) is 0. The van der Waals surface area contributed by atoms with E-state index in [9.17, 15) is 0 Å². The van der Waals surface area contributed by atoms with E-state index in [2.05, 4.69) is 19.1 Å². The van der Waals surface area contributed by atoms with Crippen molar-refractivity contribution in [3.8, 4) is 0 Å². The van der Waals surface area contributed by atoms with E-state index in [1.165, 1.54) is 18.4 Å². The van der Waals surface area contributed by atoms with Crippen LogP contribution in [0.25, 0.3) is 0 Å². The minimum Gasteiger partial charge on any atom is -0.379 e. The Labute approximate surface area is 127 Å². The van der Waals surface area contributed by atoms with Crippen LogP contribution in [0.15, 0.2) is 30.3 Å². The average molecular weight is 294 g/mol. The Morgan fingerprint density at radius 2 is 1.62 bits per heavy atom. The van der Waals surface area contributed by atoms with Gasteiger partial charge in [0.05, 0.1) is 33.0 Å². The normalized spacial score (nSPS) is 22.3. The van der Waals surface area contributed by atoms with E-state index in [1.807, 2.05) is 18.2 Å². The first-order valence-corrected chi connectivity index (χ1v) is 7.81. The highest BCUT2D eigenvalue weighted by Gasteiger charge is 2.22. The minimum atomic E-state index is 0.369. The van der Waals surface area contributed by atoms with Crippen molar-refractivity contribution in [1.29, 1.82) is 0 Å². The van der Waals surface area contributed by atoms with Crippen LogP contribution >= 0.6 is 0 Å². The second-order valence-electron chi connectivity index (χ2n) is 5.34. The lowest BCUT2D eigenvalue weighted by molar-refractivity contribution is 0.104. The van der Waals surface area contributed by atoms with Crippen molar-refractivity contribution in [3.63, 3.8) is 0 Å². The zero-order valence-corrected chi connectivity index (χ0v) is 12.8. The summed E-state index contributed by atoms with van der Waals surface area (Å²) in [6, 6.07) is 10.2. The lowest BCUT2D eigenvalue weighted by Crippen LogP contribution is -2.01. The van der Waals surface area contributed by atoms with Gasteiger partial charge in [-0.05, 0) is 12.0 Å². The van der Waals surface area contributed by atoms with Crippen molar-refractivity contribution in [3.05, 3.63) is 35.9 Å². The molecular weight excluding hydrogens is 268 g/mol.